The fraction of sp³-hybridized carbons (Fsp3) is 1.00. The molecule has 1 fully saturated rings. The zero-order valence-corrected chi connectivity index (χ0v) is 5.33. The van der Waals surface area contributed by atoms with Crippen LogP contribution in [0.4, 0.5) is 13.2 Å². The second kappa shape index (κ2) is 2.75. The molecular formula is C5H9F3N2. The van der Waals surface area contributed by atoms with Crippen molar-refractivity contribution in [2.45, 2.75) is 18.8 Å². The topological polar surface area (TPSA) is 24.1 Å². The minimum absolute atomic E-state index is 0.416. The molecule has 60 valence electrons. The summed E-state index contributed by atoms with van der Waals surface area (Å²) in [6.45, 7) is 1.09. The average molecular weight is 154 g/mol. The monoisotopic (exact) mass is 154 g/mol. The Kier molecular flexibility index (Phi) is 2.15. The van der Waals surface area contributed by atoms with Crippen molar-refractivity contribution in [3.05, 3.63) is 0 Å². The Labute approximate surface area is 56.8 Å². The molecule has 0 spiro atoms. The highest BCUT2D eigenvalue weighted by Crippen LogP contribution is 2.12. The van der Waals surface area contributed by atoms with E-state index in [0.717, 1.165) is 0 Å². The van der Waals surface area contributed by atoms with Crippen LogP contribution in [-0.4, -0.2) is 25.4 Å². The third kappa shape index (κ3) is 2.53. The van der Waals surface area contributed by atoms with Gasteiger partial charge in [-0.2, -0.15) is 13.2 Å². The van der Waals surface area contributed by atoms with Crippen LogP contribution in [0.25, 0.3) is 0 Å². The van der Waals surface area contributed by atoms with Gasteiger partial charge < -0.3 is 5.32 Å². The molecule has 0 aromatic rings. The first-order valence-corrected chi connectivity index (χ1v) is 3.13. The first kappa shape index (κ1) is 7.81. The maximum absolute atomic E-state index is 11.6. The largest absolute Gasteiger partial charge is 0.457 e. The average Bonchev–Trinajstić information content (AvgIpc) is 2.12. The quantitative estimate of drug-likeness (QED) is 0.536. The molecule has 0 amide bonds. The summed E-state index contributed by atoms with van der Waals surface area (Å²) < 4.78 is 34.7. The van der Waals surface area contributed by atoms with E-state index < -0.39 is 12.3 Å². The smallest absolute Gasteiger partial charge is 0.315 e. The summed E-state index contributed by atoms with van der Waals surface area (Å²) in [5, 5.41) is 4.39. The van der Waals surface area contributed by atoms with Crippen molar-refractivity contribution in [1.29, 1.82) is 0 Å². The lowest BCUT2D eigenvalue weighted by molar-refractivity contribution is -0.162. The van der Waals surface area contributed by atoms with Crippen LogP contribution in [0.2, 0.25) is 0 Å². The fourth-order valence-corrected chi connectivity index (χ4v) is 1.01. The first-order chi connectivity index (χ1) is 4.58. The summed E-state index contributed by atoms with van der Waals surface area (Å²) in [7, 11) is 0. The molecule has 1 saturated heterocycles. The van der Waals surface area contributed by atoms with Crippen LogP contribution in [0.15, 0.2) is 0 Å². The molecule has 0 aromatic heterocycles. The van der Waals surface area contributed by atoms with Crippen molar-refractivity contribution in [2.24, 2.45) is 0 Å². The summed E-state index contributed by atoms with van der Waals surface area (Å²) >= 11 is 0. The molecule has 0 saturated carbocycles. The molecule has 1 heterocycles. The molecule has 0 unspecified atom stereocenters. The highest BCUT2D eigenvalue weighted by Gasteiger charge is 2.31. The van der Waals surface area contributed by atoms with Crippen molar-refractivity contribution in [3.8, 4) is 0 Å². The predicted molar refractivity (Wildman–Crippen MR) is 30.5 cm³/mol. The SMILES string of the molecule is FC(F)(F)N[C@@H]1CCNC1. The van der Waals surface area contributed by atoms with Crippen LogP contribution in [-0.2, 0) is 0 Å². The normalized spacial score (nSPS) is 27.3. The van der Waals surface area contributed by atoms with Crippen LogP contribution in [0.5, 0.6) is 0 Å². The second-order valence-electron chi connectivity index (χ2n) is 2.33. The van der Waals surface area contributed by atoms with E-state index in [2.05, 4.69) is 5.32 Å². The van der Waals surface area contributed by atoms with E-state index >= 15 is 0 Å². The minimum atomic E-state index is -4.23. The van der Waals surface area contributed by atoms with Gasteiger partial charge in [0.2, 0.25) is 0 Å². The number of nitrogens with one attached hydrogen (secondary N) is 2. The van der Waals surface area contributed by atoms with E-state index in [9.17, 15) is 13.2 Å². The van der Waals surface area contributed by atoms with Crippen LogP contribution < -0.4 is 10.6 Å². The predicted octanol–water partition coefficient (Wildman–Crippen LogP) is 0.458. The molecule has 1 rings (SSSR count). The van der Waals surface area contributed by atoms with Crippen LogP contribution in [0, 0.1) is 0 Å². The third-order valence-electron chi connectivity index (χ3n) is 1.43. The lowest BCUT2D eigenvalue weighted by Crippen LogP contribution is -2.41. The van der Waals surface area contributed by atoms with Gasteiger partial charge in [0.15, 0.2) is 0 Å². The van der Waals surface area contributed by atoms with Gasteiger partial charge in [-0.1, -0.05) is 0 Å². The summed E-state index contributed by atoms with van der Waals surface area (Å²) in [6, 6.07) is -0.431. The highest BCUT2D eigenvalue weighted by molar-refractivity contribution is 4.77. The zero-order chi connectivity index (χ0) is 7.61. The molecule has 0 radical (unpaired) electrons. The van der Waals surface area contributed by atoms with Crippen LogP contribution >= 0.6 is 0 Å². The van der Waals surface area contributed by atoms with Crippen molar-refractivity contribution in [2.75, 3.05) is 13.1 Å². The van der Waals surface area contributed by atoms with Gasteiger partial charge in [-0.25, -0.2) is 5.32 Å². The van der Waals surface area contributed by atoms with Gasteiger partial charge in [-0.3, -0.25) is 0 Å². The molecule has 5 heteroatoms. The lowest BCUT2D eigenvalue weighted by atomic mass is 10.3. The van der Waals surface area contributed by atoms with E-state index in [-0.39, 0.29) is 0 Å². The van der Waals surface area contributed by atoms with E-state index in [1.807, 2.05) is 0 Å². The molecular weight excluding hydrogens is 145 g/mol. The maximum Gasteiger partial charge on any atom is 0.457 e. The minimum Gasteiger partial charge on any atom is -0.315 e. The zero-order valence-electron chi connectivity index (χ0n) is 5.33. The van der Waals surface area contributed by atoms with Gasteiger partial charge in [-0.05, 0) is 13.0 Å². The van der Waals surface area contributed by atoms with Crippen molar-refractivity contribution >= 4 is 0 Å². The molecule has 2 nitrogen and oxygen atoms in total. The van der Waals surface area contributed by atoms with Gasteiger partial charge in [0.25, 0.3) is 0 Å². The number of rotatable bonds is 1. The summed E-state index contributed by atoms with van der Waals surface area (Å²) in [6.07, 6.45) is -3.67. The third-order valence-corrected chi connectivity index (χ3v) is 1.43. The Bertz CT molecular complexity index is 106. The van der Waals surface area contributed by atoms with Crippen LogP contribution in [0.1, 0.15) is 6.42 Å². The maximum atomic E-state index is 11.6. The molecule has 0 aromatic carbocycles. The molecule has 1 aliphatic rings. The van der Waals surface area contributed by atoms with E-state index in [1.54, 1.807) is 5.32 Å². The molecule has 1 aliphatic heterocycles. The molecule has 1 atom stereocenters. The van der Waals surface area contributed by atoms with E-state index in [0.29, 0.717) is 19.5 Å². The molecule has 0 bridgehead atoms. The van der Waals surface area contributed by atoms with Gasteiger partial charge in [0.05, 0.1) is 0 Å². The van der Waals surface area contributed by atoms with E-state index in [4.69, 9.17) is 0 Å². The Hall–Kier alpha value is -0.290. The Balaban J connectivity index is 2.24. The Morgan fingerprint density at radius 1 is 1.40 bits per heavy atom. The standard InChI is InChI=1S/C5H9F3N2/c6-5(7,8)10-4-1-2-9-3-4/h4,9-10H,1-3H2/t4-/m1/s1. The summed E-state index contributed by atoms with van der Waals surface area (Å²) in [5.41, 5.74) is 0. The lowest BCUT2D eigenvalue weighted by Gasteiger charge is -2.13. The highest BCUT2D eigenvalue weighted by atomic mass is 19.4. The van der Waals surface area contributed by atoms with Crippen molar-refractivity contribution < 1.29 is 13.2 Å². The molecule has 2 N–H and O–H groups in total. The van der Waals surface area contributed by atoms with Crippen molar-refractivity contribution in [1.82, 2.24) is 10.6 Å². The first-order valence-electron chi connectivity index (χ1n) is 3.13. The molecule has 10 heavy (non-hydrogen) atoms. The summed E-state index contributed by atoms with van der Waals surface area (Å²) in [5.74, 6) is 0. The summed E-state index contributed by atoms with van der Waals surface area (Å²) in [4.78, 5) is 0. The van der Waals surface area contributed by atoms with Gasteiger partial charge in [-0.15, -0.1) is 0 Å². The Morgan fingerprint density at radius 2 is 2.10 bits per heavy atom. The second-order valence-corrected chi connectivity index (χ2v) is 2.33. The Morgan fingerprint density at radius 3 is 2.50 bits per heavy atom. The van der Waals surface area contributed by atoms with Crippen molar-refractivity contribution in [3.63, 3.8) is 0 Å². The van der Waals surface area contributed by atoms with E-state index in [1.165, 1.54) is 0 Å². The number of hydrogen-bond donors (Lipinski definition) is 2. The van der Waals surface area contributed by atoms with Gasteiger partial charge in [0.1, 0.15) is 0 Å². The van der Waals surface area contributed by atoms with Gasteiger partial charge >= 0.3 is 6.30 Å². The van der Waals surface area contributed by atoms with Crippen LogP contribution in [0.3, 0.4) is 0 Å². The molecule has 0 aliphatic carbocycles. The number of hydrogen-bond acceptors (Lipinski definition) is 2. The number of alkyl halides is 3. The number of halogens is 3. The van der Waals surface area contributed by atoms with Gasteiger partial charge in [0, 0.05) is 12.6 Å². The fourth-order valence-electron chi connectivity index (χ4n) is 1.01.